The molecule has 0 unspecified atom stereocenters. The van der Waals surface area contributed by atoms with Crippen LogP contribution in [0.5, 0.6) is 0 Å². The zero-order valence-corrected chi connectivity index (χ0v) is 8.05. The molecule has 0 bridgehead atoms. The molecule has 0 aliphatic heterocycles. The number of thiophene rings is 1. The van der Waals surface area contributed by atoms with Gasteiger partial charge in [-0.25, -0.2) is 0 Å². The Morgan fingerprint density at radius 2 is 2.54 bits per heavy atom. The van der Waals surface area contributed by atoms with Crippen molar-refractivity contribution < 1.29 is 5.21 Å². The Kier molecular flexibility index (Phi) is 4.28. The van der Waals surface area contributed by atoms with E-state index in [0.717, 1.165) is 13.0 Å². The maximum absolute atomic E-state index is 8.24. The molecule has 4 nitrogen and oxygen atoms in total. The van der Waals surface area contributed by atoms with Crippen molar-refractivity contribution in [1.29, 1.82) is 0 Å². The summed E-state index contributed by atoms with van der Waals surface area (Å²) >= 11 is 1.69. The summed E-state index contributed by atoms with van der Waals surface area (Å²) in [4.78, 5) is 0. The third-order valence-electron chi connectivity index (χ3n) is 1.61. The van der Waals surface area contributed by atoms with E-state index in [1.165, 1.54) is 5.56 Å². The first-order chi connectivity index (χ1) is 6.33. The molecule has 0 atom stereocenters. The van der Waals surface area contributed by atoms with Gasteiger partial charge >= 0.3 is 0 Å². The van der Waals surface area contributed by atoms with Crippen molar-refractivity contribution in [3.8, 4) is 0 Å². The van der Waals surface area contributed by atoms with Gasteiger partial charge in [-0.15, -0.1) is 0 Å². The third-order valence-corrected chi connectivity index (χ3v) is 2.34. The second kappa shape index (κ2) is 5.55. The second-order valence-electron chi connectivity index (χ2n) is 2.65. The molecule has 0 fully saturated rings. The van der Waals surface area contributed by atoms with Gasteiger partial charge in [-0.3, -0.25) is 0 Å². The minimum absolute atomic E-state index is 0.213. The van der Waals surface area contributed by atoms with Crippen LogP contribution in [0.1, 0.15) is 5.56 Å². The van der Waals surface area contributed by atoms with Crippen molar-refractivity contribution >= 4 is 17.2 Å². The lowest BCUT2D eigenvalue weighted by atomic mass is 10.2. The fourth-order valence-corrected chi connectivity index (χ4v) is 1.62. The molecule has 1 aromatic heterocycles. The van der Waals surface area contributed by atoms with Crippen LogP contribution >= 0.6 is 11.3 Å². The predicted molar refractivity (Wildman–Crippen MR) is 54.3 cm³/mol. The quantitative estimate of drug-likeness (QED) is 0.214. The van der Waals surface area contributed by atoms with Crippen molar-refractivity contribution in [2.45, 2.75) is 6.42 Å². The van der Waals surface area contributed by atoms with Crippen molar-refractivity contribution in [2.24, 2.45) is 10.9 Å². The van der Waals surface area contributed by atoms with Crippen LogP contribution in [0.25, 0.3) is 0 Å². The predicted octanol–water partition coefficient (Wildman–Crippen LogP) is 0.627. The van der Waals surface area contributed by atoms with E-state index < -0.39 is 0 Å². The highest BCUT2D eigenvalue weighted by Gasteiger charge is 1.94. The Morgan fingerprint density at radius 3 is 3.15 bits per heavy atom. The summed E-state index contributed by atoms with van der Waals surface area (Å²) in [5, 5.41) is 18.3. The molecular formula is C8H13N3OS. The van der Waals surface area contributed by atoms with Crippen LogP contribution in [0.2, 0.25) is 0 Å². The summed E-state index contributed by atoms with van der Waals surface area (Å²) in [6.07, 6.45) is 0.974. The molecule has 72 valence electrons. The van der Waals surface area contributed by atoms with Gasteiger partial charge in [0, 0.05) is 0 Å². The largest absolute Gasteiger partial charge is 0.409 e. The fourth-order valence-electron chi connectivity index (χ4n) is 0.919. The van der Waals surface area contributed by atoms with Gasteiger partial charge in [-0.1, -0.05) is 5.16 Å². The molecular weight excluding hydrogens is 186 g/mol. The van der Waals surface area contributed by atoms with Gasteiger partial charge in [0.05, 0.1) is 6.54 Å². The number of nitrogens with zero attached hydrogens (tertiary/aromatic N) is 1. The highest BCUT2D eigenvalue weighted by Crippen LogP contribution is 2.05. The molecule has 13 heavy (non-hydrogen) atoms. The zero-order chi connectivity index (χ0) is 9.52. The average Bonchev–Trinajstić information content (AvgIpc) is 2.64. The molecule has 4 N–H and O–H groups in total. The molecule has 0 amide bonds. The lowest BCUT2D eigenvalue weighted by Gasteiger charge is -2.01. The van der Waals surface area contributed by atoms with E-state index in [2.05, 4.69) is 27.3 Å². The van der Waals surface area contributed by atoms with Gasteiger partial charge in [0.25, 0.3) is 0 Å². The van der Waals surface area contributed by atoms with Crippen LogP contribution in [-0.2, 0) is 6.42 Å². The topological polar surface area (TPSA) is 70.6 Å². The zero-order valence-electron chi connectivity index (χ0n) is 7.23. The van der Waals surface area contributed by atoms with Crippen LogP contribution in [0, 0.1) is 0 Å². The Labute approximate surface area is 81.1 Å². The van der Waals surface area contributed by atoms with Gasteiger partial charge in [-0.2, -0.15) is 11.3 Å². The SMILES string of the molecule is NC(CNCCc1ccsc1)=NO. The summed E-state index contributed by atoms with van der Waals surface area (Å²) in [5.74, 6) is 0.213. The molecule has 0 saturated heterocycles. The summed E-state index contributed by atoms with van der Waals surface area (Å²) in [5.41, 5.74) is 6.59. The molecule has 0 aliphatic rings. The summed E-state index contributed by atoms with van der Waals surface area (Å²) in [7, 11) is 0. The minimum atomic E-state index is 0.213. The Balaban J connectivity index is 2.08. The minimum Gasteiger partial charge on any atom is -0.409 e. The average molecular weight is 199 g/mol. The number of amidine groups is 1. The van der Waals surface area contributed by atoms with Crippen molar-refractivity contribution in [3.63, 3.8) is 0 Å². The van der Waals surface area contributed by atoms with E-state index in [0.29, 0.717) is 6.54 Å². The molecule has 0 spiro atoms. The van der Waals surface area contributed by atoms with E-state index in [9.17, 15) is 0 Å². The van der Waals surface area contributed by atoms with Gasteiger partial charge in [0.2, 0.25) is 0 Å². The maximum Gasteiger partial charge on any atom is 0.153 e. The number of oxime groups is 1. The van der Waals surface area contributed by atoms with E-state index in [1.54, 1.807) is 11.3 Å². The monoisotopic (exact) mass is 199 g/mol. The molecule has 1 rings (SSSR count). The van der Waals surface area contributed by atoms with Crippen LogP contribution in [-0.4, -0.2) is 24.1 Å². The Bertz CT molecular complexity index is 258. The fraction of sp³-hybridized carbons (Fsp3) is 0.375. The lowest BCUT2D eigenvalue weighted by Crippen LogP contribution is -2.30. The van der Waals surface area contributed by atoms with Gasteiger partial charge < -0.3 is 16.3 Å². The molecule has 0 radical (unpaired) electrons. The summed E-state index contributed by atoms with van der Waals surface area (Å²) in [6.45, 7) is 1.27. The van der Waals surface area contributed by atoms with Gasteiger partial charge in [-0.05, 0) is 35.4 Å². The Hall–Kier alpha value is -1.07. The summed E-state index contributed by atoms with van der Waals surface area (Å²) in [6, 6.07) is 2.09. The number of nitrogens with two attached hydrogens (primary N) is 1. The Morgan fingerprint density at radius 1 is 1.69 bits per heavy atom. The van der Waals surface area contributed by atoms with E-state index in [1.807, 2.05) is 0 Å². The van der Waals surface area contributed by atoms with Crippen LogP contribution < -0.4 is 11.1 Å². The molecule has 0 aliphatic carbocycles. The molecule has 5 heteroatoms. The van der Waals surface area contributed by atoms with Crippen molar-refractivity contribution in [3.05, 3.63) is 22.4 Å². The first-order valence-corrected chi connectivity index (χ1v) is 4.95. The maximum atomic E-state index is 8.24. The summed E-state index contributed by atoms with van der Waals surface area (Å²) < 4.78 is 0. The highest BCUT2D eigenvalue weighted by molar-refractivity contribution is 7.07. The smallest absolute Gasteiger partial charge is 0.153 e. The number of rotatable bonds is 5. The second-order valence-corrected chi connectivity index (χ2v) is 3.43. The van der Waals surface area contributed by atoms with E-state index in [-0.39, 0.29) is 5.84 Å². The van der Waals surface area contributed by atoms with Gasteiger partial charge in [0.1, 0.15) is 0 Å². The molecule has 1 heterocycles. The highest BCUT2D eigenvalue weighted by atomic mass is 32.1. The molecule has 0 aromatic carbocycles. The number of hydrogen-bond donors (Lipinski definition) is 3. The van der Waals surface area contributed by atoms with Crippen LogP contribution in [0.15, 0.2) is 22.0 Å². The normalized spacial score (nSPS) is 11.8. The molecule has 0 saturated carbocycles. The van der Waals surface area contributed by atoms with E-state index in [4.69, 9.17) is 10.9 Å². The van der Waals surface area contributed by atoms with Crippen molar-refractivity contribution in [1.82, 2.24) is 5.32 Å². The van der Waals surface area contributed by atoms with E-state index >= 15 is 0 Å². The first-order valence-electron chi connectivity index (χ1n) is 4.01. The first kappa shape index (κ1) is 10.0. The van der Waals surface area contributed by atoms with Crippen LogP contribution in [0.3, 0.4) is 0 Å². The van der Waals surface area contributed by atoms with Gasteiger partial charge in [0.15, 0.2) is 5.84 Å². The molecule has 1 aromatic rings. The number of hydrogen-bond acceptors (Lipinski definition) is 4. The van der Waals surface area contributed by atoms with Crippen LogP contribution in [0.4, 0.5) is 0 Å². The standard InChI is InChI=1S/C8H13N3OS/c9-8(11-12)5-10-3-1-7-2-4-13-6-7/h2,4,6,10,12H,1,3,5H2,(H2,9,11). The third kappa shape index (κ3) is 3.91. The lowest BCUT2D eigenvalue weighted by molar-refractivity contribution is 0.317. The van der Waals surface area contributed by atoms with Crippen molar-refractivity contribution in [2.75, 3.05) is 13.1 Å². The number of nitrogens with one attached hydrogen (secondary N) is 1.